The van der Waals surface area contributed by atoms with Crippen molar-refractivity contribution in [3.05, 3.63) is 17.5 Å². The van der Waals surface area contributed by atoms with E-state index in [1.165, 1.54) is 6.42 Å². The molecule has 2 N–H and O–H groups in total. The van der Waals surface area contributed by atoms with E-state index >= 15 is 0 Å². The molecule has 0 spiro atoms. The van der Waals surface area contributed by atoms with Crippen LogP contribution in [0.25, 0.3) is 0 Å². The van der Waals surface area contributed by atoms with Crippen molar-refractivity contribution in [1.82, 2.24) is 25.3 Å². The molecular weight excluding hydrogens is 318 g/mol. The van der Waals surface area contributed by atoms with Crippen LogP contribution in [0.15, 0.2) is 6.07 Å². The number of nitrogens with one attached hydrogen (secondary N) is 2. The van der Waals surface area contributed by atoms with Crippen LogP contribution in [0, 0.1) is 5.92 Å². The van der Waals surface area contributed by atoms with E-state index < -0.39 is 0 Å². The van der Waals surface area contributed by atoms with Crippen molar-refractivity contribution >= 4 is 11.9 Å². The van der Waals surface area contributed by atoms with Gasteiger partial charge in [0, 0.05) is 25.0 Å². The van der Waals surface area contributed by atoms with Gasteiger partial charge in [-0.15, -0.1) is 0 Å². The molecule has 25 heavy (non-hydrogen) atoms. The smallest absolute Gasteiger partial charge is 0.315 e. The van der Waals surface area contributed by atoms with Gasteiger partial charge in [-0.1, -0.05) is 13.3 Å². The van der Waals surface area contributed by atoms with E-state index in [0.717, 1.165) is 50.2 Å². The second kappa shape index (κ2) is 7.89. The van der Waals surface area contributed by atoms with Gasteiger partial charge in [0.15, 0.2) is 0 Å². The summed E-state index contributed by atoms with van der Waals surface area (Å²) in [5.41, 5.74) is 1.90. The van der Waals surface area contributed by atoms with E-state index in [0.29, 0.717) is 19.0 Å². The molecule has 7 heteroatoms. The molecule has 3 rings (SSSR count). The Morgan fingerprint density at radius 3 is 2.80 bits per heavy atom. The number of hydrogen-bond donors (Lipinski definition) is 2. The number of urea groups is 1. The van der Waals surface area contributed by atoms with Crippen LogP contribution in [0.5, 0.6) is 0 Å². The summed E-state index contributed by atoms with van der Waals surface area (Å²) in [5, 5.41) is 10.3. The van der Waals surface area contributed by atoms with Crippen molar-refractivity contribution in [2.24, 2.45) is 5.92 Å². The normalized spacial score (nSPS) is 18.7. The highest BCUT2D eigenvalue weighted by Gasteiger charge is 2.30. The maximum absolute atomic E-state index is 12.5. The predicted molar refractivity (Wildman–Crippen MR) is 94.7 cm³/mol. The van der Waals surface area contributed by atoms with Crippen molar-refractivity contribution in [3.8, 4) is 0 Å². The maximum Gasteiger partial charge on any atom is 0.315 e. The summed E-state index contributed by atoms with van der Waals surface area (Å²) in [7, 11) is 0. The third kappa shape index (κ3) is 4.32. The minimum atomic E-state index is -0.167. The van der Waals surface area contributed by atoms with Crippen LogP contribution in [0.4, 0.5) is 4.79 Å². The van der Waals surface area contributed by atoms with Crippen LogP contribution < -0.4 is 10.6 Å². The third-order valence-electron chi connectivity index (χ3n) is 5.25. The highest BCUT2D eigenvalue weighted by Crippen LogP contribution is 2.29. The number of aromatic nitrogens is 2. The summed E-state index contributed by atoms with van der Waals surface area (Å²) in [6.07, 6.45) is 5.08. The molecule has 0 radical (unpaired) electrons. The third-order valence-corrected chi connectivity index (χ3v) is 5.25. The Kier molecular flexibility index (Phi) is 5.60. The summed E-state index contributed by atoms with van der Waals surface area (Å²) in [6.45, 7) is 6.67. The van der Waals surface area contributed by atoms with Gasteiger partial charge in [-0.2, -0.15) is 5.10 Å². The fourth-order valence-electron chi connectivity index (χ4n) is 3.26. The average molecular weight is 347 g/mol. The molecule has 2 aliphatic rings. The van der Waals surface area contributed by atoms with Gasteiger partial charge in [0.25, 0.3) is 0 Å². The van der Waals surface area contributed by atoms with E-state index in [9.17, 15) is 9.59 Å². The Morgan fingerprint density at radius 2 is 2.12 bits per heavy atom. The van der Waals surface area contributed by atoms with Gasteiger partial charge in [0.05, 0.1) is 24.5 Å². The van der Waals surface area contributed by atoms with Crippen molar-refractivity contribution < 1.29 is 9.59 Å². The minimum absolute atomic E-state index is 0.157. The van der Waals surface area contributed by atoms with Crippen molar-refractivity contribution in [2.45, 2.75) is 71.6 Å². The highest BCUT2D eigenvalue weighted by molar-refractivity contribution is 5.79. The molecule has 2 heterocycles. The Morgan fingerprint density at radius 1 is 1.32 bits per heavy atom. The maximum atomic E-state index is 12.5. The second-order valence-electron chi connectivity index (χ2n) is 7.23. The van der Waals surface area contributed by atoms with Crippen molar-refractivity contribution in [2.75, 3.05) is 6.54 Å². The SMILES string of the molecule is CC[C@H](C)NC(=O)NCc1cc2n(n1)CCCN(C(=O)C1CCC1)C2. The number of amides is 3. The molecule has 1 aliphatic heterocycles. The van der Waals surface area contributed by atoms with Gasteiger partial charge in [-0.3, -0.25) is 9.48 Å². The molecule has 1 aromatic rings. The summed E-state index contributed by atoms with van der Waals surface area (Å²) >= 11 is 0. The lowest BCUT2D eigenvalue weighted by molar-refractivity contribution is -0.138. The number of rotatable bonds is 5. The first-order chi connectivity index (χ1) is 12.1. The van der Waals surface area contributed by atoms with Crippen molar-refractivity contribution in [1.29, 1.82) is 0 Å². The largest absolute Gasteiger partial charge is 0.337 e. The van der Waals surface area contributed by atoms with Gasteiger partial charge < -0.3 is 15.5 Å². The molecule has 0 bridgehead atoms. The standard InChI is InChI=1S/C18H29N5O2/c1-3-13(2)20-18(25)19-11-15-10-16-12-22(8-5-9-23(16)21-15)17(24)14-6-4-7-14/h10,13-14H,3-9,11-12H2,1-2H3,(H2,19,20,25)/t13-/m0/s1. The quantitative estimate of drug-likeness (QED) is 0.855. The molecule has 1 aliphatic carbocycles. The minimum Gasteiger partial charge on any atom is -0.337 e. The monoisotopic (exact) mass is 347 g/mol. The molecule has 138 valence electrons. The van der Waals surface area contributed by atoms with E-state index in [2.05, 4.69) is 15.7 Å². The summed E-state index contributed by atoms with van der Waals surface area (Å²) in [4.78, 5) is 26.3. The Bertz CT molecular complexity index is 623. The lowest BCUT2D eigenvalue weighted by Gasteiger charge is -2.30. The van der Waals surface area contributed by atoms with Crippen LogP contribution in [0.3, 0.4) is 0 Å². The molecule has 3 amide bonds. The predicted octanol–water partition coefficient (Wildman–Crippen LogP) is 2.01. The van der Waals surface area contributed by atoms with Gasteiger partial charge in [-0.25, -0.2) is 4.79 Å². The van der Waals surface area contributed by atoms with Crippen LogP contribution in [0.2, 0.25) is 0 Å². The number of carbonyl (C=O) groups is 2. The average Bonchev–Trinajstić information content (AvgIpc) is 2.81. The van der Waals surface area contributed by atoms with Crippen LogP contribution >= 0.6 is 0 Å². The molecule has 1 atom stereocenters. The highest BCUT2D eigenvalue weighted by atomic mass is 16.2. The summed E-state index contributed by atoms with van der Waals surface area (Å²) in [6, 6.07) is 2.00. The Balaban J connectivity index is 1.57. The lowest BCUT2D eigenvalue weighted by Crippen LogP contribution is -2.40. The van der Waals surface area contributed by atoms with Gasteiger partial charge in [-0.05, 0) is 38.7 Å². The second-order valence-corrected chi connectivity index (χ2v) is 7.23. The van der Waals surface area contributed by atoms with Crippen LogP contribution in [-0.4, -0.2) is 39.2 Å². The van der Waals surface area contributed by atoms with Crippen LogP contribution in [0.1, 0.15) is 57.3 Å². The van der Waals surface area contributed by atoms with E-state index in [4.69, 9.17) is 0 Å². The molecule has 0 unspecified atom stereocenters. The van der Waals surface area contributed by atoms with Crippen LogP contribution in [-0.2, 0) is 24.4 Å². The zero-order valence-corrected chi connectivity index (χ0v) is 15.3. The fourth-order valence-corrected chi connectivity index (χ4v) is 3.26. The van der Waals surface area contributed by atoms with Gasteiger partial charge >= 0.3 is 6.03 Å². The van der Waals surface area contributed by atoms with E-state index in [1.807, 2.05) is 29.5 Å². The zero-order chi connectivity index (χ0) is 17.8. The number of aryl methyl sites for hydroxylation is 1. The molecular formula is C18H29N5O2. The Hall–Kier alpha value is -2.05. The van der Waals surface area contributed by atoms with Gasteiger partial charge in [0.1, 0.15) is 0 Å². The van der Waals surface area contributed by atoms with Gasteiger partial charge in [0.2, 0.25) is 5.91 Å². The molecule has 0 saturated heterocycles. The molecule has 0 aromatic carbocycles. The molecule has 1 fully saturated rings. The number of fused-ring (bicyclic) bond motifs is 1. The fraction of sp³-hybridized carbons (Fsp3) is 0.722. The molecule has 1 saturated carbocycles. The first kappa shape index (κ1) is 17.8. The number of carbonyl (C=O) groups excluding carboxylic acids is 2. The van der Waals surface area contributed by atoms with Crippen molar-refractivity contribution in [3.63, 3.8) is 0 Å². The topological polar surface area (TPSA) is 79.3 Å². The molecule has 7 nitrogen and oxygen atoms in total. The zero-order valence-electron chi connectivity index (χ0n) is 15.3. The van der Waals surface area contributed by atoms with E-state index in [1.54, 1.807) is 0 Å². The first-order valence-corrected chi connectivity index (χ1v) is 9.45. The summed E-state index contributed by atoms with van der Waals surface area (Å²) < 4.78 is 1.98. The Labute approximate surface area is 149 Å². The number of nitrogens with zero attached hydrogens (tertiary/aromatic N) is 3. The van der Waals surface area contributed by atoms with E-state index in [-0.39, 0.29) is 18.0 Å². The lowest BCUT2D eigenvalue weighted by atomic mass is 9.84. The molecule has 1 aromatic heterocycles. The first-order valence-electron chi connectivity index (χ1n) is 9.45. The summed E-state index contributed by atoms with van der Waals surface area (Å²) in [5.74, 6) is 0.536. The number of hydrogen-bond acceptors (Lipinski definition) is 3.